The number of benzene rings is 1. The predicted octanol–water partition coefficient (Wildman–Crippen LogP) is 3.48. The van der Waals surface area contributed by atoms with E-state index in [4.69, 9.17) is 4.42 Å². The Morgan fingerprint density at radius 2 is 2.16 bits per heavy atom. The molecule has 0 saturated carbocycles. The van der Waals surface area contributed by atoms with Gasteiger partial charge in [-0.05, 0) is 31.5 Å². The highest BCUT2D eigenvalue weighted by atomic mass is 127. The monoisotopic (exact) mass is 453 g/mol. The number of hydrogen-bond donors (Lipinski definition) is 2. The first-order valence-corrected chi connectivity index (χ1v) is 8.10. The first-order valence-electron chi connectivity index (χ1n) is 8.10. The van der Waals surface area contributed by atoms with Gasteiger partial charge in [0.2, 0.25) is 0 Å². The van der Waals surface area contributed by atoms with E-state index >= 15 is 0 Å². The summed E-state index contributed by atoms with van der Waals surface area (Å²) in [6.45, 7) is 5.62. The van der Waals surface area contributed by atoms with Crippen LogP contribution in [0, 0.1) is 6.92 Å². The van der Waals surface area contributed by atoms with Crippen LogP contribution < -0.4 is 10.6 Å². The van der Waals surface area contributed by atoms with Crippen LogP contribution in [0.3, 0.4) is 0 Å². The molecule has 3 aromatic rings. The zero-order valence-electron chi connectivity index (χ0n) is 14.7. The van der Waals surface area contributed by atoms with E-state index in [-0.39, 0.29) is 30.0 Å². The Morgan fingerprint density at radius 1 is 1.36 bits per heavy atom. The van der Waals surface area contributed by atoms with Gasteiger partial charge in [-0.3, -0.25) is 9.67 Å². The summed E-state index contributed by atoms with van der Waals surface area (Å²) in [4.78, 5) is 4.27. The molecule has 0 saturated heterocycles. The largest absolute Gasteiger partial charge is 0.459 e. The number of aryl methyl sites for hydroxylation is 1. The topological polar surface area (TPSA) is 67.4 Å². The predicted molar refractivity (Wildman–Crippen MR) is 112 cm³/mol. The lowest BCUT2D eigenvalue weighted by molar-refractivity contribution is 0.487. The molecule has 25 heavy (non-hydrogen) atoms. The Kier molecular flexibility index (Phi) is 6.86. The molecule has 0 fully saturated rings. The van der Waals surface area contributed by atoms with Gasteiger partial charge in [0.25, 0.3) is 0 Å². The van der Waals surface area contributed by atoms with Crippen LogP contribution in [0.25, 0.3) is 11.0 Å². The second-order valence-electron chi connectivity index (χ2n) is 5.83. The zero-order valence-corrected chi connectivity index (χ0v) is 17.0. The normalized spacial score (nSPS) is 12.7. The number of nitrogens with one attached hydrogen (secondary N) is 2. The number of fused-ring (bicyclic) bond motifs is 1. The Labute approximate surface area is 164 Å². The second kappa shape index (κ2) is 8.89. The van der Waals surface area contributed by atoms with Gasteiger partial charge in [-0.2, -0.15) is 5.10 Å². The molecule has 3 rings (SSSR count). The Balaban J connectivity index is 0.00000225. The molecule has 1 aromatic carbocycles. The number of hydrogen-bond acceptors (Lipinski definition) is 3. The third-order valence-electron chi connectivity index (χ3n) is 3.84. The van der Waals surface area contributed by atoms with Crippen molar-refractivity contribution in [1.29, 1.82) is 0 Å². The summed E-state index contributed by atoms with van der Waals surface area (Å²) >= 11 is 0. The van der Waals surface area contributed by atoms with Crippen LogP contribution in [0.5, 0.6) is 0 Å². The lowest BCUT2D eigenvalue weighted by Gasteiger charge is -2.16. The molecule has 2 N–H and O–H groups in total. The highest BCUT2D eigenvalue weighted by molar-refractivity contribution is 14.0. The molecule has 1 unspecified atom stereocenters. The lowest BCUT2D eigenvalue weighted by Crippen LogP contribution is -2.40. The van der Waals surface area contributed by atoms with E-state index in [1.165, 1.54) is 0 Å². The third kappa shape index (κ3) is 4.97. The van der Waals surface area contributed by atoms with E-state index in [0.29, 0.717) is 0 Å². The van der Waals surface area contributed by atoms with E-state index in [1.54, 1.807) is 7.05 Å². The standard InChI is InChI=1S/C18H23N5O.HI/c1-13-11-21-23(12-13)9-8-20-18(19-3)22-14(2)17-10-15-6-4-5-7-16(15)24-17;/h4-7,10-12,14H,8-9H2,1-3H3,(H2,19,20,22);1H. The summed E-state index contributed by atoms with van der Waals surface area (Å²) in [5, 5.41) is 12.0. The number of nitrogens with zero attached hydrogens (tertiary/aromatic N) is 3. The smallest absolute Gasteiger partial charge is 0.191 e. The molecule has 0 spiro atoms. The summed E-state index contributed by atoms with van der Waals surface area (Å²) in [7, 11) is 1.76. The van der Waals surface area contributed by atoms with Crippen LogP contribution in [0.4, 0.5) is 0 Å². The minimum Gasteiger partial charge on any atom is -0.459 e. The quantitative estimate of drug-likeness (QED) is 0.353. The van der Waals surface area contributed by atoms with Gasteiger partial charge >= 0.3 is 0 Å². The van der Waals surface area contributed by atoms with Crippen LogP contribution in [0.15, 0.2) is 52.1 Å². The fraction of sp³-hybridized carbons (Fsp3) is 0.333. The van der Waals surface area contributed by atoms with E-state index in [0.717, 1.165) is 41.3 Å². The molecule has 0 aliphatic rings. The number of para-hydroxylation sites is 1. The van der Waals surface area contributed by atoms with E-state index in [1.807, 2.05) is 48.3 Å². The fourth-order valence-electron chi connectivity index (χ4n) is 2.56. The average molecular weight is 453 g/mol. The molecule has 6 nitrogen and oxygen atoms in total. The van der Waals surface area contributed by atoms with Crippen molar-refractivity contribution in [2.24, 2.45) is 4.99 Å². The first-order chi connectivity index (χ1) is 11.7. The molecule has 0 bridgehead atoms. The summed E-state index contributed by atoms with van der Waals surface area (Å²) in [5.41, 5.74) is 2.06. The van der Waals surface area contributed by atoms with E-state index in [9.17, 15) is 0 Å². The van der Waals surface area contributed by atoms with Gasteiger partial charge in [-0.25, -0.2) is 0 Å². The van der Waals surface area contributed by atoms with Gasteiger partial charge in [-0.15, -0.1) is 24.0 Å². The van der Waals surface area contributed by atoms with Crippen molar-refractivity contribution in [3.8, 4) is 0 Å². The number of furan rings is 1. The summed E-state index contributed by atoms with van der Waals surface area (Å²) < 4.78 is 7.81. The highest BCUT2D eigenvalue weighted by Crippen LogP contribution is 2.23. The molecule has 0 aliphatic carbocycles. The van der Waals surface area contributed by atoms with Crippen molar-refractivity contribution in [1.82, 2.24) is 20.4 Å². The third-order valence-corrected chi connectivity index (χ3v) is 3.84. The maximum atomic E-state index is 5.89. The van der Waals surface area contributed by atoms with Gasteiger partial charge in [0, 0.05) is 25.2 Å². The number of aliphatic imine (C=N–C) groups is 1. The van der Waals surface area contributed by atoms with Gasteiger partial charge < -0.3 is 15.1 Å². The van der Waals surface area contributed by atoms with Crippen LogP contribution in [0.2, 0.25) is 0 Å². The van der Waals surface area contributed by atoms with Crippen molar-refractivity contribution < 1.29 is 4.42 Å². The molecule has 134 valence electrons. The molecule has 2 aromatic heterocycles. The molecule has 7 heteroatoms. The molecule has 0 radical (unpaired) electrons. The van der Waals surface area contributed by atoms with E-state index < -0.39 is 0 Å². The van der Waals surface area contributed by atoms with Crippen molar-refractivity contribution in [2.75, 3.05) is 13.6 Å². The van der Waals surface area contributed by atoms with Crippen LogP contribution in [0.1, 0.15) is 24.3 Å². The van der Waals surface area contributed by atoms with Gasteiger partial charge in [0.15, 0.2) is 5.96 Å². The molecule has 2 heterocycles. The molecule has 0 amide bonds. The Hall–Kier alpha value is -2.03. The van der Waals surface area contributed by atoms with Crippen molar-refractivity contribution in [2.45, 2.75) is 26.4 Å². The highest BCUT2D eigenvalue weighted by Gasteiger charge is 2.12. The number of guanidine groups is 1. The fourth-order valence-corrected chi connectivity index (χ4v) is 2.56. The lowest BCUT2D eigenvalue weighted by atomic mass is 10.2. The number of aromatic nitrogens is 2. The van der Waals surface area contributed by atoms with Crippen LogP contribution >= 0.6 is 24.0 Å². The van der Waals surface area contributed by atoms with Crippen LogP contribution in [-0.2, 0) is 6.54 Å². The van der Waals surface area contributed by atoms with E-state index in [2.05, 4.69) is 33.7 Å². The SMILES string of the molecule is CN=C(NCCn1cc(C)cn1)NC(C)c1cc2ccccc2o1.I. The Morgan fingerprint density at radius 3 is 2.84 bits per heavy atom. The first kappa shape index (κ1) is 19.3. The molecular formula is C18H24IN5O. The minimum atomic E-state index is 0. The molecule has 1 atom stereocenters. The summed E-state index contributed by atoms with van der Waals surface area (Å²) in [6.07, 6.45) is 3.88. The maximum Gasteiger partial charge on any atom is 0.191 e. The Bertz CT molecular complexity index is 806. The minimum absolute atomic E-state index is 0. The zero-order chi connectivity index (χ0) is 16.9. The number of halogens is 1. The molecule has 0 aliphatic heterocycles. The summed E-state index contributed by atoms with van der Waals surface area (Å²) in [6, 6.07) is 10.1. The van der Waals surface area contributed by atoms with Crippen molar-refractivity contribution in [3.63, 3.8) is 0 Å². The van der Waals surface area contributed by atoms with Gasteiger partial charge in [0.05, 0.1) is 18.8 Å². The van der Waals surface area contributed by atoms with Gasteiger partial charge in [-0.1, -0.05) is 18.2 Å². The van der Waals surface area contributed by atoms with Crippen LogP contribution in [-0.4, -0.2) is 29.3 Å². The molecular weight excluding hydrogens is 429 g/mol. The summed E-state index contributed by atoms with van der Waals surface area (Å²) in [5.74, 6) is 1.63. The van der Waals surface area contributed by atoms with Crippen molar-refractivity contribution >= 4 is 40.9 Å². The van der Waals surface area contributed by atoms with Crippen molar-refractivity contribution in [3.05, 3.63) is 54.0 Å². The van der Waals surface area contributed by atoms with Gasteiger partial charge in [0.1, 0.15) is 11.3 Å². The second-order valence-corrected chi connectivity index (χ2v) is 5.83. The maximum absolute atomic E-state index is 5.89. The average Bonchev–Trinajstić information content (AvgIpc) is 3.19. The number of rotatable bonds is 5.